The van der Waals surface area contributed by atoms with Crippen molar-refractivity contribution in [2.75, 3.05) is 13.1 Å². The lowest BCUT2D eigenvalue weighted by molar-refractivity contribution is 0.230. The van der Waals surface area contributed by atoms with Crippen molar-refractivity contribution in [3.05, 3.63) is 35.9 Å². The smallest absolute Gasteiger partial charge is 0.315 e. The van der Waals surface area contributed by atoms with Crippen LogP contribution < -0.4 is 16.0 Å². The molecule has 1 aromatic carbocycles. The quantitative estimate of drug-likeness (QED) is 0.763. The second kappa shape index (κ2) is 6.40. The average Bonchev–Trinajstić information content (AvgIpc) is 2.40. The third-order valence-corrected chi connectivity index (χ3v) is 3.32. The predicted molar refractivity (Wildman–Crippen MR) is 72.4 cm³/mol. The summed E-state index contributed by atoms with van der Waals surface area (Å²) in [5.41, 5.74) is 1.12. The Labute approximate surface area is 108 Å². The van der Waals surface area contributed by atoms with Crippen molar-refractivity contribution in [2.24, 2.45) is 0 Å². The van der Waals surface area contributed by atoms with Crippen LogP contribution in [0.1, 0.15) is 31.4 Å². The summed E-state index contributed by atoms with van der Waals surface area (Å²) in [4.78, 5) is 11.9. The van der Waals surface area contributed by atoms with Gasteiger partial charge in [0.15, 0.2) is 0 Å². The Morgan fingerprint density at radius 1 is 1.28 bits per heavy atom. The molecule has 1 aliphatic heterocycles. The van der Waals surface area contributed by atoms with Gasteiger partial charge in [-0.1, -0.05) is 30.3 Å². The summed E-state index contributed by atoms with van der Waals surface area (Å²) in [6.07, 6.45) is 2.01. The molecule has 1 aromatic rings. The van der Waals surface area contributed by atoms with Gasteiger partial charge < -0.3 is 16.0 Å². The Morgan fingerprint density at radius 2 is 1.94 bits per heavy atom. The number of carbonyl (C=O) groups excluding carboxylic acids is 1. The van der Waals surface area contributed by atoms with E-state index in [-0.39, 0.29) is 12.1 Å². The maximum atomic E-state index is 11.9. The van der Waals surface area contributed by atoms with Gasteiger partial charge in [-0.3, -0.25) is 0 Å². The van der Waals surface area contributed by atoms with Crippen molar-refractivity contribution in [2.45, 2.75) is 31.8 Å². The third-order valence-electron chi connectivity index (χ3n) is 3.32. The van der Waals surface area contributed by atoms with Crippen molar-refractivity contribution in [1.29, 1.82) is 0 Å². The number of amides is 2. The lowest BCUT2D eigenvalue weighted by Gasteiger charge is -2.25. The molecule has 3 N–H and O–H groups in total. The van der Waals surface area contributed by atoms with Gasteiger partial charge in [0.05, 0.1) is 6.04 Å². The van der Waals surface area contributed by atoms with Gasteiger partial charge in [0.2, 0.25) is 0 Å². The van der Waals surface area contributed by atoms with Crippen molar-refractivity contribution < 1.29 is 4.79 Å². The van der Waals surface area contributed by atoms with E-state index >= 15 is 0 Å². The van der Waals surface area contributed by atoms with Crippen molar-refractivity contribution in [3.63, 3.8) is 0 Å². The summed E-state index contributed by atoms with van der Waals surface area (Å²) < 4.78 is 0. The highest BCUT2D eigenvalue weighted by atomic mass is 16.2. The Hall–Kier alpha value is -1.55. The van der Waals surface area contributed by atoms with Crippen LogP contribution in [0, 0.1) is 0 Å². The van der Waals surface area contributed by atoms with E-state index in [2.05, 4.69) is 16.0 Å². The van der Waals surface area contributed by atoms with Crippen LogP contribution in [-0.2, 0) is 0 Å². The molecule has 1 atom stereocenters. The van der Waals surface area contributed by atoms with Crippen LogP contribution in [0.3, 0.4) is 0 Å². The van der Waals surface area contributed by atoms with Gasteiger partial charge in [-0.15, -0.1) is 0 Å². The first-order valence-corrected chi connectivity index (χ1v) is 6.58. The van der Waals surface area contributed by atoms with Crippen molar-refractivity contribution in [3.8, 4) is 0 Å². The number of hydrogen-bond donors (Lipinski definition) is 3. The summed E-state index contributed by atoms with van der Waals surface area (Å²) in [7, 11) is 0. The maximum absolute atomic E-state index is 11.9. The van der Waals surface area contributed by atoms with Crippen LogP contribution in [0.15, 0.2) is 30.3 Å². The number of nitrogens with one attached hydrogen (secondary N) is 3. The highest BCUT2D eigenvalue weighted by molar-refractivity contribution is 5.74. The standard InChI is InChI=1S/C14H21N3O/c1-11(12-5-3-2-4-6-12)16-14(18)17-13-7-9-15-10-8-13/h2-6,11,13,15H,7-10H2,1H3,(H2,16,17,18). The maximum Gasteiger partial charge on any atom is 0.315 e. The lowest BCUT2D eigenvalue weighted by Crippen LogP contribution is -2.47. The molecule has 4 heteroatoms. The molecule has 1 saturated heterocycles. The Bertz CT molecular complexity index is 374. The van der Waals surface area contributed by atoms with E-state index in [0.717, 1.165) is 31.5 Å². The second-order valence-corrected chi connectivity index (χ2v) is 4.77. The normalized spacial score (nSPS) is 18.1. The van der Waals surface area contributed by atoms with Crippen LogP contribution in [0.4, 0.5) is 4.79 Å². The number of rotatable bonds is 3. The van der Waals surface area contributed by atoms with E-state index in [1.807, 2.05) is 37.3 Å². The molecule has 0 spiro atoms. The van der Waals surface area contributed by atoms with Crippen molar-refractivity contribution in [1.82, 2.24) is 16.0 Å². The fourth-order valence-corrected chi connectivity index (χ4v) is 2.22. The monoisotopic (exact) mass is 247 g/mol. The van der Waals surface area contributed by atoms with Crippen LogP contribution in [0.5, 0.6) is 0 Å². The molecule has 0 bridgehead atoms. The van der Waals surface area contributed by atoms with Crippen LogP contribution in [0.25, 0.3) is 0 Å². The minimum atomic E-state index is -0.0711. The van der Waals surface area contributed by atoms with Gasteiger partial charge in [-0.2, -0.15) is 0 Å². The molecule has 18 heavy (non-hydrogen) atoms. The highest BCUT2D eigenvalue weighted by Crippen LogP contribution is 2.11. The van der Waals surface area contributed by atoms with Gasteiger partial charge in [0.1, 0.15) is 0 Å². The van der Waals surface area contributed by atoms with Gasteiger partial charge in [0.25, 0.3) is 0 Å². The summed E-state index contributed by atoms with van der Waals surface area (Å²) >= 11 is 0. The van der Waals surface area contributed by atoms with Crippen LogP contribution in [0.2, 0.25) is 0 Å². The largest absolute Gasteiger partial charge is 0.335 e. The zero-order valence-electron chi connectivity index (χ0n) is 10.8. The second-order valence-electron chi connectivity index (χ2n) is 4.77. The van der Waals surface area contributed by atoms with Gasteiger partial charge in [-0.05, 0) is 38.4 Å². The summed E-state index contributed by atoms with van der Waals surface area (Å²) in [6, 6.07) is 10.3. The van der Waals surface area contributed by atoms with Crippen LogP contribution >= 0.6 is 0 Å². The molecule has 0 radical (unpaired) electrons. The molecular weight excluding hydrogens is 226 g/mol. The number of piperidine rings is 1. The molecule has 0 aromatic heterocycles. The minimum Gasteiger partial charge on any atom is -0.335 e. The molecule has 0 aliphatic carbocycles. The fraction of sp³-hybridized carbons (Fsp3) is 0.500. The number of hydrogen-bond acceptors (Lipinski definition) is 2. The number of benzene rings is 1. The van der Waals surface area contributed by atoms with E-state index in [0.29, 0.717) is 6.04 Å². The molecule has 4 nitrogen and oxygen atoms in total. The SMILES string of the molecule is CC(NC(=O)NC1CCNCC1)c1ccccc1. The zero-order valence-corrected chi connectivity index (χ0v) is 10.8. The van der Waals surface area contributed by atoms with Gasteiger partial charge in [0, 0.05) is 6.04 Å². The van der Waals surface area contributed by atoms with Crippen molar-refractivity contribution >= 4 is 6.03 Å². The first-order chi connectivity index (χ1) is 8.75. The summed E-state index contributed by atoms with van der Waals surface area (Å²) in [6.45, 7) is 3.97. The van der Waals surface area contributed by atoms with Crippen LogP contribution in [-0.4, -0.2) is 25.2 Å². The Morgan fingerprint density at radius 3 is 2.61 bits per heavy atom. The van der Waals surface area contributed by atoms with E-state index in [1.165, 1.54) is 0 Å². The van der Waals surface area contributed by atoms with E-state index < -0.39 is 0 Å². The minimum absolute atomic E-state index is 0.0351. The molecule has 0 saturated carbocycles. The predicted octanol–water partition coefficient (Wildman–Crippen LogP) is 1.80. The molecule has 2 rings (SSSR count). The third kappa shape index (κ3) is 3.74. The Balaban J connectivity index is 1.80. The molecular formula is C14H21N3O. The molecule has 1 unspecified atom stereocenters. The van der Waals surface area contributed by atoms with E-state index in [1.54, 1.807) is 0 Å². The highest BCUT2D eigenvalue weighted by Gasteiger charge is 2.16. The zero-order chi connectivity index (χ0) is 12.8. The molecule has 1 fully saturated rings. The average molecular weight is 247 g/mol. The van der Waals surface area contributed by atoms with Gasteiger partial charge >= 0.3 is 6.03 Å². The molecule has 2 amide bonds. The van der Waals surface area contributed by atoms with E-state index in [9.17, 15) is 4.79 Å². The molecule has 1 heterocycles. The first kappa shape index (κ1) is 12.9. The van der Waals surface area contributed by atoms with E-state index in [4.69, 9.17) is 0 Å². The summed E-state index contributed by atoms with van der Waals surface area (Å²) in [5, 5.41) is 9.29. The Kier molecular flexibility index (Phi) is 4.59. The number of carbonyl (C=O) groups is 1. The molecule has 98 valence electrons. The fourth-order valence-electron chi connectivity index (χ4n) is 2.22. The van der Waals surface area contributed by atoms with Gasteiger partial charge in [-0.25, -0.2) is 4.79 Å². The lowest BCUT2D eigenvalue weighted by atomic mass is 10.1. The molecule has 1 aliphatic rings. The first-order valence-electron chi connectivity index (χ1n) is 6.58. The summed E-state index contributed by atoms with van der Waals surface area (Å²) in [5.74, 6) is 0. The topological polar surface area (TPSA) is 53.2 Å². The number of urea groups is 1.